The molecule has 0 bridgehead atoms. The van der Waals surface area contributed by atoms with Crippen molar-refractivity contribution in [2.45, 2.75) is 18.7 Å². The number of ether oxygens (including phenoxy) is 1. The van der Waals surface area contributed by atoms with Crippen LogP contribution in [0.4, 0.5) is 0 Å². The maximum atomic E-state index is 12.1. The van der Waals surface area contributed by atoms with E-state index in [0.29, 0.717) is 5.56 Å². The molecule has 0 saturated carbocycles. The fourth-order valence-corrected chi connectivity index (χ4v) is 3.61. The molecule has 0 unspecified atom stereocenters. The van der Waals surface area contributed by atoms with Crippen LogP contribution in [0.3, 0.4) is 0 Å². The summed E-state index contributed by atoms with van der Waals surface area (Å²) in [6.07, 6.45) is 1.09. The Kier molecular flexibility index (Phi) is 5.01. The number of esters is 1. The SMILES string of the molecule is Cc1cc(C(=O)COC(=O)c2ccc(S(C)(=O)=O)cc2)c(C)s1. The van der Waals surface area contributed by atoms with Crippen molar-refractivity contribution in [2.75, 3.05) is 12.9 Å². The second kappa shape index (κ2) is 6.64. The molecule has 0 aliphatic heterocycles. The Labute approximate surface area is 138 Å². The second-order valence-electron chi connectivity index (χ2n) is 5.12. The number of benzene rings is 1. The van der Waals surface area contributed by atoms with Crippen LogP contribution >= 0.6 is 11.3 Å². The van der Waals surface area contributed by atoms with Gasteiger partial charge in [0.25, 0.3) is 0 Å². The number of Topliss-reactive ketones (excluding diaryl/α,β-unsaturated/α-hetero) is 1. The minimum atomic E-state index is -3.31. The highest BCUT2D eigenvalue weighted by Gasteiger charge is 2.16. The summed E-state index contributed by atoms with van der Waals surface area (Å²) in [7, 11) is -3.31. The first-order valence-corrected chi connectivity index (χ1v) is 9.47. The van der Waals surface area contributed by atoms with Gasteiger partial charge in [0, 0.05) is 21.6 Å². The first-order chi connectivity index (χ1) is 10.7. The predicted molar refractivity (Wildman–Crippen MR) is 88.0 cm³/mol. The Morgan fingerprint density at radius 2 is 1.74 bits per heavy atom. The van der Waals surface area contributed by atoms with Crippen LogP contribution in [0.25, 0.3) is 0 Å². The molecule has 5 nitrogen and oxygen atoms in total. The van der Waals surface area contributed by atoms with Gasteiger partial charge in [-0.05, 0) is 44.2 Å². The molecule has 122 valence electrons. The molecule has 7 heteroatoms. The van der Waals surface area contributed by atoms with E-state index in [9.17, 15) is 18.0 Å². The summed E-state index contributed by atoms with van der Waals surface area (Å²) in [4.78, 5) is 26.0. The molecule has 0 spiro atoms. The van der Waals surface area contributed by atoms with E-state index in [1.54, 1.807) is 6.07 Å². The van der Waals surface area contributed by atoms with E-state index in [4.69, 9.17) is 4.74 Å². The van der Waals surface area contributed by atoms with Crippen molar-refractivity contribution in [1.82, 2.24) is 0 Å². The van der Waals surface area contributed by atoms with E-state index in [1.807, 2.05) is 13.8 Å². The van der Waals surface area contributed by atoms with Crippen molar-refractivity contribution in [1.29, 1.82) is 0 Å². The average Bonchev–Trinajstić information content (AvgIpc) is 2.82. The van der Waals surface area contributed by atoms with Crippen LogP contribution in [0.2, 0.25) is 0 Å². The zero-order valence-corrected chi connectivity index (χ0v) is 14.6. The lowest BCUT2D eigenvalue weighted by Crippen LogP contribution is -2.14. The third-order valence-electron chi connectivity index (χ3n) is 3.19. The summed E-state index contributed by atoms with van der Waals surface area (Å²) < 4.78 is 27.7. The van der Waals surface area contributed by atoms with Gasteiger partial charge in [-0.15, -0.1) is 11.3 Å². The molecule has 0 N–H and O–H groups in total. The molecule has 1 aromatic heterocycles. The Hall–Kier alpha value is -1.99. The molecule has 0 fully saturated rings. The maximum absolute atomic E-state index is 12.1. The zero-order valence-electron chi connectivity index (χ0n) is 13.0. The lowest BCUT2D eigenvalue weighted by Gasteiger charge is -2.05. The molecule has 0 aliphatic carbocycles. The van der Waals surface area contributed by atoms with Gasteiger partial charge in [0.05, 0.1) is 10.5 Å². The Morgan fingerprint density at radius 1 is 1.13 bits per heavy atom. The summed E-state index contributed by atoms with van der Waals surface area (Å²) in [6.45, 7) is 3.41. The highest BCUT2D eigenvalue weighted by molar-refractivity contribution is 7.90. The molecule has 0 atom stereocenters. The van der Waals surface area contributed by atoms with Gasteiger partial charge in [0.1, 0.15) is 0 Å². The van der Waals surface area contributed by atoms with Gasteiger partial charge in [-0.2, -0.15) is 0 Å². The molecule has 23 heavy (non-hydrogen) atoms. The maximum Gasteiger partial charge on any atom is 0.338 e. The van der Waals surface area contributed by atoms with Gasteiger partial charge in [-0.3, -0.25) is 4.79 Å². The van der Waals surface area contributed by atoms with Gasteiger partial charge in [0.2, 0.25) is 5.78 Å². The highest BCUT2D eigenvalue weighted by Crippen LogP contribution is 2.21. The van der Waals surface area contributed by atoms with Crippen molar-refractivity contribution in [3.8, 4) is 0 Å². The van der Waals surface area contributed by atoms with E-state index in [0.717, 1.165) is 16.0 Å². The Morgan fingerprint density at radius 3 is 2.22 bits per heavy atom. The van der Waals surface area contributed by atoms with Gasteiger partial charge in [-0.1, -0.05) is 0 Å². The zero-order chi connectivity index (χ0) is 17.2. The normalized spacial score (nSPS) is 11.3. The molecule has 0 saturated heterocycles. The smallest absolute Gasteiger partial charge is 0.338 e. The largest absolute Gasteiger partial charge is 0.454 e. The van der Waals surface area contributed by atoms with Gasteiger partial charge >= 0.3 is 5.97 Å². The van der Waals surface area contributed by atoms with Crippen LogP contribution in [-0.4, -0.2) is 33.0 Å². The number of thiophene rings is 1. The van der Waals surface area contributed by atoms with Crippen molar-refractivity contribution in [2.24, 2.45) is 0 Å². The lowest BCUT2D eigenvalue weighted by atomic mass is 10.2. The molecular formula is C16H16O5S2. The van der Waals surface area contributed by atoms with E-state index in [1.165, 1.54) is 35.6 Å². The third-order valence-corrected chi connectivity index (χ3v) is 5.29. The topological polar surface area (TPSA) is 77.5 Å². The number of hydrogen-bond donors (Lipinski definition) is 0. The quantitative estimate of drug-likeness (QED) is 0.611. The molecule has 2 rings (SSSR count). The number of carbonyl (C=O) groups excluding carboxylic acids is 2. The number of rotatable bonds is 5. The van der Waals surface area contributed by atoms with Crippen LogP contribution < -0.4 is 0 Å². The predicted octanol–water partition coefficient (Wildman–Crippen LogP) is 2.81. The molecule has 0 aliphatic rings. The van der Waals surface area contributed by atoms with Gasteiger partial charge < -0.3 is 4.74 Å². The molecule has 1 aromatic carbocycles. The summed E-state index contributed by atoms with van der Waals surface area (Å²) in [5.41, 5.74) is 0.760. The van der Waals surface area contributed by atoms with E-state index in [-0.39, 0.29) is 22.8 Å². The van der Waals surface area contributed by atoms with Gasteiger partial charge in [-0.25, -0.2) is 13.2 Å². The number of hydrogen-bond acceptors (Lipinski definition) is 6. The average molecular weight is 352 g/mol. The number of sulfone groups is 1. The molecule has 0 radical (unpaired) electrons. The van der Waals surface area contributed by atoms with Crippen LogP contribution in [0.15, 0.2) is 35.2 Å². The number of carbonyl (C=O) groups is 2. The minimum Gasteiger partial charge on any atom is -0.454 e. The second-order valence-corrected chi connectivity index (χ2v) is 8.60. The van der Waals surface area contributed by atoms with Crippen molar-refractivity contribution in [3.05, 3.63) is 51.2 Å². The van der Waals surface area contributed by atoms with Crippen LogP contribution in [-0.2, 0) is 14.6 Å². The fraction of sp³-hybridized carbons (Fsp3) is 0.250. The molecule has 2 aromatic rings. The van der Waals surface area contributed by atoms with Crippen LogP contribution in [0, 0.1) is 13.8 Å². The summed E-state index contributed by atoms with van der Waals surface area (Å²) in [5.74, 6) is -0.920. The van der Waals surface area contributed by atoms with Crippen molar-refractivity contribution >= 4 is 32.9 Å². The monoisotopic (exact) mass is 352 g/mol. The number of ketones is 1. The molecular weight excluding hydrogens is 336 g/mol. The minimum absolute atomic E-state index is 0.120. The third kappa shape index (κ3) is 4.27. The van der Waals surface area contributed by atoms with Crippen LogP contribution in [0.5, 0.6) is 0 Å². The Balaban J connectivity index is 2.02. The highest BCUT2D eigenvalue weighted by atomic mass is 32.2. The van der Waals surface area contributed by atoms with E-state index < -0.39 is 15.8 Å². The number of aryl methyl sites for hydroxylation is 2. The van der Waals surface area contributed by atoms with Gasteiger partial charge in [0.15, 0.2) is 16.4 Å². The first-order valence-electron chi connectivity index (χ1n) is 6.76. The molecule has 0 amide bonds. The summed E-state index contributed by atoms with van der Waals surface area (Å²) in [5, 5.41) is 0. The van der Waals surface area contributed by atoms with Crippen molar-refractivity contribution < 1.29 is 22.7 Å². The van der Waals surface area contributed by atoms with Crippen LogP contribution in [0.1, 0.15) is 30.5 Å². The Bertz CT molecular complexity index is 845. The van der Waals surface area contributed by atoms with E-state index >= 15 is 0 Å². The molecule has 1 heterocycles. The first kappa shape index (κ1) is 17.4. The fourth-order valence-electron chi connectivity index (χ4n) is 2.04. The lowest BCUT2D eigenvalue weighted by molar-refractivity contribution is 0.0474. The van der Waals surface area contributed by atoms with Crippen molar-refractivity contribution in [3.63, 3.8) is 0 Å². The standard InChI is InChI=1S/C16H16O5S2/c1-10-8-14(11(2)22-10)15(17)9-21-16(18)12-4-6-13(7-5-12)23(3,19)20/h4-8H,9H2,1-3H3. The summed E-state index contributed by atoms with van der Waals surface area (Å²) >= 11 is 1.51. The van der Waals surface area contributed by atoms with E-state index in [2.05, 4.69) is 0 Å². The summed E-state index contributed by atoms with van der Waals surface area (Å²) in [6, 6.07) is 7.17.